The summed E-state index contributed by atoms with van der Waals surface area (Å²) in [6, 6.07) is -4.01. The number of nitrogens with one attached hydrogen (secondary N) is 2. The molecule has 0 spiro atoms. The lowest BCUT2D eigenvalue weighted by molar-refractivity contribution is -0.333. The number of carbonyl (C=O) groups excluding carboxylic acids is 2. The van der Waals surface area contributed by atoms with Crippen molar-refractivity contribution < 1.29 is 74.5 Å². The number of amides is 2. The van der Waals surface area contributed by atoms with Gasteiger partial charge in [0, 0.05) is 6.54 Å². The molecule has 0 bridgehead atoms. The van der Waals surface area contributed by atoms with E-state index in [1.165, 1.54) is 0 Å². The fourth-order valence-electron chi connectivity index (χ4n) is 5.74. The lowest BCUT2D eigenvalue weighted by Crippen LogP contribution is -2.70. The minimum absolute atomic E-state index is 0.0611. The summed E-state index contributed by atoms with van der Waals surface area (Å²) in [5.74, 6) is -1.90. The van der Waals surface area contributed by atoms with Crippen LogP contribution in [0.25, 0.3) is 0 Å². The minimum Gasteiger partial charge on any atom is -0.394 e. The van der Waals surface area contributed by atoms with Gasteiger partial charge in [0.25, 0.3) is 0 Å². The highest BCUT2D eigenvalue weighted by Crippen LogP contribution is 2.33. The summed E-state index contributed by atoms with van der Waals surface area (Å²) in [5, 5.41) is 99.2. The molecule has 3 rings (SSSR count). The molecule has 21 heteroatoms. The van der Waals surface area contributed by atoms with Crippen LogP contribution in [-0.2, 0) is 28.5 Å². The maximum absolute atomic E-state index is 12.9. The molecule has 3 fully saturated rings. The number of ether oxygens (including phenoxy) is 4. The number of rotatable bonds is 14. The largest absolute Gasteiger partial charge is 0.394 e. The number of nitrogens with two attached hydrogens (primary N) is 4. The summed E-state index contributed by atoms with van der Waals surface area (Å²) in [7, 11) is 0. The maximum Gasteiger partial charge on any atom is 0.249 e. The molecule has 47 heavy (non-hydrogen) atoms. The van der Waals surface area contributed by atoms with Crippen molar-refractivity contribution in [1.29, 1.82) is 0 Å². The molecule has 0 aromatic rings. The number of hydrogen-bond acceptors (Lipinski definition) is 19. The zero-order chi connectivity index (χ0) is 35.2. The van der Waals surface area contributed by atoms with Crippen molar-refractivity contribution in [3.05, 3.63) is 0 Å². The van der Waals surface area contributed by atoms with Gasteiger partial charge in [0.15, 0.2) is 12.6 Å². The Morgan fingerprint density at radius 1 is 0.702 bits per heavy atom. The van der Waals surface area contributed by atoms with Crippen molar-refractivity contribution >= 4 is 11.8 Å². The summed E-state index contributed by atoms with van der Waals surface area (Å²) in [4.78, 5) is 25.8. The van der Waals surface area contributed by atoms with Crippen molar-refractivity contribution in [3.63, 3.8) is 0 Å². The Hall–Kier alpha value is -1.74. The predicted octanol–water partition coefficient (Wildman–Crippen LogP) is -9.56. The van der Waals surface area contributed by atoms with Crippen molar-refractivity contribution in [1.82, 2.24) is 10.6 Å². The van der Waals surface area contributed by atoms with Crippen LogP contribution in [0.4, 0.5) is 0 Å². The Morgan fingerprint density at radius 2 is 1.17 bits per heavy atom. The molecule has 2 aliphatic heterocycles. The first-order valence-corrected chi connectivity index (χ1v) is 15.3. The van der Waals surface area contributed by atoms with Crippen LogP contribution in [0.2, 0.25) is 0 Å². The standard InChI is InChI=1S/C26H50N6O15/c27-3-1-10(34)23(42)31-8-5-9(32-24(43)11(35)2-4-28)22(47-26-19(40)18(39)16(37)12(6-29)44-26)20(41)21(8)46-25-17(38)14(30)15(36)13(7-33)45-25/h8-22,25-26,33-41H,1-7,27-30H2,(H,31,42)(H,32,43). The van der Waals surface area contributed by atoms with Gasteiger partial charge < -0.3 is 98.5 Å². The molecule has 3 aliphatic rings. The first-order chi connectivity index (χ1) is 22.2. The predicted molar refractivity (Wildman–Crippen MR) is 155 cm³/mol. The lowest BCUT2D eigenvalue weighted by atomic mass is 9.82. The molecular formula is C26H50N6O15. The molecule has 19 N–H and O–H groups in total. The van der Waals surface area contributed by atoms with Gasteiger partial charge in [-0.15, -0.1) is 0 Å². The van der Waals surface area contributed by atoms with E-state index in [0.29, 0.717) is 0 Å². The van der Waals surface area contributed by atoms with Crippen molar-refractivity contribution in [2.24, 2.45) is 22.9 Å². The fourth-order valence-corrected chi connectivity index (χ4v) is 5.74. The third-order valence-corrected chi connectivity index (χ3v) is 8.54. The van der Waals surface area contributed by atoms with Gasteiger partial charge in [-0.3, -0.25) is 9.59 Å². The second kappa shape index (κ2) is 17.8. The van der Waals surface area contributed by atoms with Crippen LogP contribution in [0.1, 0.15) is 19.3 Å². The molecule has 2 amide bonds. The average Bonchev–Trinajstić information content (AvgIpc) is 3.04. The van der Waals surface area contributed by atoms with Crippen LogP contribution in [0.15, 0.2) is 0 Å². The highest BCUT2D eigenvalue weighted by molar-refractivity contribution is 5.81. The summed E-state index contributed by atoms with van der Waals surface area (Å²) in [6.45, 7) is -1.18. The van der Waals surface area contributed by atoms with E-state index >= 15 is 0 Å². The fraction of sp³-hybridized carbons (Fsp3) is 0.923. The van der Waals surface area contributed by atoms with E-state index in [2.05, 4.69) is 10.6 Å². The van der Waals surface area contributed by atoms with Gasteiger partial charge in [-0.25, -0.2) is 0 Å². The Kier molecular flexibility index (Phi) is 15.0. The Labute approximate surface area is 269 Å². The molecule has 1 saturated carbocycles. The minimum atomic E-state index is -1.93. The van der Waals surface area contributed by atoms with Gasteiger partial charge in [-0.05, 0) is 32.4 Å². The van der Waals surface area contributed by atoms with Crippen molar-refractivity contribution in [2.75, 3.05) is 26.2 Å². The second-order valence-corrected chi connectivity index (χ2v) is 11.9. The lowest BCUT2D eigenvalue weighted by Gasteiger charge is -2.49. The molecule has 17 unspecified atom stereocenters. The molecule has 2 saturated heterocycles. The third-order valence-electron chi connectivity index (χ3n) is 8.54. The van der Waals surface area contributed by atoms with Gasteiger partial charge in [0.2, 0.25) is 11.8 Å². The van der Waals surface area contributed by atoms with E-state index in [0.717, 1.165) is 0 Å². The topological polar surface area (TPSA) is 381 Å². The zero-order valence-corrected chi connectivity index (χ0v) is 25.5. The average molecular weight is 687 g/mol. The Morgan fingerprint density at radius 3 is 1.62 bits per heavy atom. The van der Waals surface area contributed by atoms with Crippen LogP contribution in [-0.4, -0.2) is 188 Å². The molecule has 1 aliphatic carbocycles. The van der Waals surface area contributed by atoms with Gasteiger partial charge in [0.1, 0.15) is 73.2 Å². The number of aliphatic hydroxyl groups excluding tert-OH is 9. The first kappa shape index (κ1) is 39.7. The van der Waals surface area contributed by atoms with Gasteiger partial charge >= 0.3 is 0 Å². The van der Waals surface area contributed by atoms with E-state index in [4.69, 9.17) is 41.9 Å². The van der Waals surface area contributed by atoms with Gasteiger partial charge in [-0.2, -0.15) is 0 Å². The monoisotopic (exact) mass is 686 g/mol. The van der Waals surface area contributed by atoms with Crippen molar-refractivity contribution in [3.8, 4) is 0 Å². The molecule has 0 radical (unpaired) electrons. The Bertz CT molecular complexity index is 928. The van der Waals surface area contributed by atoms with Crippen LogP contribution >= 0.6 is 0 Å². The smallest absolute Gasteiger partial charge is 0.249 e. The van der Waals surface area contributed by atoms with E-state index in [1.807, 2.05) is 0 Å². The van der Waals surface area contributed by atoms with Crippen LogP contribution in [0, 0.1) is 0 Å². The molecule has 274 valence electrons. The second-order valence-electron chi connectivity index (χ2n) is 11.9. The summed E-state index contributed by atoms with van der Waals surface area (Å²) in [6.07, 6.45) is -23.6. The normalized spacial score (nSPS) is 42.4. The molecule has 0 aromatic heterocycles. The van der Waals surface area contributed by atoms with Gasteiger partial charge in [-0.1, -0.05) is 0 Å². The van der Waals surface area contributed by atoms with Crippen LogP contribution in [0.3, 0.4) is 0 Å². The molecule has 0 aromatic carbocycles. The SMILES string of the molecule is NCCC(O)C(=O)NC1CC(NC(=O)C(O)CCN)C(OC2OC(CN)C(O)C(O)C2O)C(O)C1OC1OC(CO)C(O)C(N)C1O. The van der Waals surface area contributed by atoms with E-state index in [9.17, 15) is 55.5 Å². The zero-order valence-electron chi connectivity index (χ0n) is 25.5. The molecular weight excluding hydrogens is 636 g/mol. The molecule has 21 nitrogen and oxygen atoms in total. The number of carbonyl (C=O) groups is 2. The highest BCUT2D eigenvalue weighted by Gasteiger charge is 2.53. The first-order valence-electron chi connectivity index (χ1n) is 15.3. The molecule has 17 atom stereocenters. The van der Waals surface area contributed by atoms with E-state index < -0.39 is 122 Å². The number of aliphatic hydroxyl groups is 9. The number of hydrogen-bond donors (Lipinski definition) is 15. The van der Waals surface area contributed by atoms with Crippen LogP contribution in [0.5, 0.6) is 0 Å². The van der Waals surface area contributed by atoms with E-state index in [1.54, 1.807) is 0 Å². The van der Waals surface area contributed by atoms with E-state index in [-0.39, 0.29) is 38.9 Å². The quantitative estimate of drug-likeness (QED) is 0.0806. The summed E-state index contributed by atoms with van der Waals surface area (Å²) >= 11 is 0. The van der Waals surface area contributed by atoms with Crippen molar-refractivity contribution in [2.45, 2.75) is 123 Å². The maximum atomic E-state index is 12.9. The summed E-state index contributed by atoms with van der Waals surface area (Å²) in [5.41, 5.74) is 22.4. The Balaban J connectivity index is 2.00. The van der Waals surface area contributed by atoms with Gasteiger partial charge in [0.05, 0.1) is 24.7 Å². The highest BCUT2D eigenvalue weighted by atomic mass is 16.7. The third kappa shape index (κ3) is 9.29. The molecule has 2 heterocycles. The van der Waals surface area contributed by atoms with Crippen LogP contribution < -0.4 is 33.6 Å². The summed E-state index contributed by atoms with van der Waals surface area (Å²) < 4.78 is 22.8.